The Morgan fingerprint density at radius 3 is 2.34 bits per heavy atom. The largest absolute Gasteiger partial charge is 0.497 e. The Morgan fingerprint density at radius 2 is 1.80 bits per heavy atom. The summed E-state index contributed by atoms with van der Waals surface area (Å²) in [5.41, 5.74) is 10.8. The number of hydrogen-bond donors (Lipinski definition) is 2. The van der Waals surface area contributed by atoms with Crippen molar-refractivity contribution in [3.8, 4) is 22.6 Å². The van der Waals surface area contributed by atoms with E-state index in [4.69, 9.17) is 36.3 Å². The van der Waals surface area contributed by atoms with Crippen LogP contribution in [0.2, 0.25) is 5.02 Å². The standard InChI is InChI=1S/C27H28ClNO5S2.C5H8N2O/c1-15(2)10-21-17(4)29-25-9-7-19(33-5)13-23(25)26(21)34-14-18-6-8-20(24(28)12-18)22-11-16(3)35-27(22)36(30,31)32;1-3-4(2)8-7-5(3)6/h6-9,11-13,15H,10,14H2,1-5H3,(H,30,31,32);1-2H3,(H2,6,7). The quantitative estimate of drug-likeness (QED) is 0.158. The van der Waals surface area contributed by atoms with E-state index >= 15 is 0 Å². The number of hydrogen-bond acceptors (Lipinski definition) is 9. The highest BCUT2D eigenvalue weighted by molar-refractivity contribution is 7.88. The Kier molecular flexibility index (Phi) is 10.2. The summed E-state index contributed by atoms with van der Waals surface area (Å²) in [7, 11) is -2.73. The third-order valence-corrected chi connectivity index (χ3v) is 9.74. The number of halogens is 1. The molecule has 12 heteroatoms. The molecule has 3 heterocycles. The number of aryl methyl sites for hydroxylation is 3. The maximum Gasteiger partial charge on any atom is 0.304 e. The Hall–Kier alpha value is -3.64. The molecule has 44 heavy (non-hydrogen) atoms. The van der Waals surface area contributed by atoms with Crippen molar-refractivity contribution < 1.29 is 27.0 Å². The molecule has 0 unspecified atom stereocenters. The average Bonchev–Trinajstić information content (AvgIpc) is 3.49. The molecule has 0 bridgehead atoms. The highest BCUT2D eigenvalue weighted by atomic mass is 35.5. The number of rotatable bonds is 8. The van der Waals surface area contributed by atoms with Gasteiger partial charge in [0.15, 0.2) is 10.0 Å². The molecule has 234 valence electrons. The van der Waals surface area contributed by atoms with Gasteiger partial charge in [-0.25, -0.2) is 0 Å². The fraction of sp³-hybridized carbons (Fsp3) is 0.312. The first kappa shape index (κ1) is 33.3. The molecule has 0 spiro atoms. The third-order valence-electron chi connectivity index (χ3n) is 7.02. The number of thiophene rings is 1. The van der Waals surface area contributed by atoms with Crippen LogP contribution in [-0.4, -0.2) is 30.2 Å². The fourth-order valence-electron chi connectivity index (χ4n) is 4.64. The van der Waals surface area contributed by atoms with E-state index < -0.39 is 10.1 Å². The second kappa shape index (κ2) is 13.6. The lowest BCUT2D eigenvalue weighted by Gasteiger charge is -2.18. The molecule has 0 saturated carbocycles. The number of methoxy groups -OCH3 is 1. The van der Waals surface area contributed by atoms with E-state index in [-0.39, 0.29) is 10.8 Å². The summed E-state index contributed by atoms with van der Waals surface area (Å²) in [6.45, 7) is 12.1. The predicted molar refractivity (Wildman–Crippen MR) is 176 cm³/mol. The number of nitrogen functional groups attached to an aromatic ring is 1. The summed E-state index contributed by atoms with van der Waals surface area (Å²) in [6, 6.07) is 12.8. The minimum Gasteiger partial charge on any atom is -0.497 e. The molecule has 2 aromatic carbocycles. The van der Waals surface area contributed by atoms with Crippen molar-refractivity contribution in [2.75, 3.05) is 12.8 Å². The minimum absolute atomic E-state index is 0.114. The Bertz CT molecular complexity index is 1900. The van der Waals surface area contributed by atoms with Gasteiger partial charge in [-0.3, -0.25) is 9.54 Å². The van der Waals surface area contributed by atoms with Gasteiger partial charge in [0.2, 0.25) is 0 Å². The smallest absolute Gasteiger partial charge is 0.304 e. The van der Waals surface area contributed by atoms with Crippen molar-refractivity contribution in [2.24, 2.45) is 5.92 Å². The van der Waals surface area contributed by atoms with Gasteiger partial charge in [-0.2, -0.15) is 8.42 Å². The second-order valence-corrected chi connectivity index (χ2v) is 14.2. The number of ether oxygens (including phenoxy) is 2. The summed E-state index contributed by atoms with van der Waals surface area (Å²) in [5, 5.41) is 4.77. The Morgan fingerprint density at radius 1 is 1.07 bits per heavy atom. The first-order valence-corrected chi connectivity index (χ1v) is 16.5. The van der Waals surface area contributed by atoms with Crippen LogP contribution in [0.1, 0.15) is 46.9 Å². The van der Waals surface area contributed by atoms with Gasteiger partial charge in [0.1, 0.15) is 23.9 Å². The van der Waals surface area contributed by atoms with Gasteiger partial charge >= 0.3 is 10.1 Å². The van der Waals surface area contributed by atoms with Gasteiger partial charge in [0.25, 0.3) is 0 Å². The topological polar surface area (TPSA) is 138 Å². The van der Waals surface area contributed by atoms with Crippen molar-refractivity contribution >= 4 is 49.8 Å². The molecule has 0 aliphatic heterocycles. The van der Waals surface area contributed by atoms with Crippen LogP contribution in [0.4, 0.5) is 5.82 Å². The highest BCUT2D eigenvalue weighted by Gasteiger charge is 2.22. The van der Waals surface area contributed by atoms with Crippen molar-refractivity contribution in [3.05, 3.63) is 80.5 Å². The molecule has 0 saturated heterocycles. The maximum absolute atomic E-state index is 11.9. The van der Waals surface area contributed by atoms with Gasteiger partial charge in [0.05, 0.1) is 12.6 Å². The summed E-state index contributed by atoms with van der Waals surface area (Å²) in [4.78, 5) is 5.54. The number of nitrogens with two attached hydrogens (primary N) is 1. The summed E-state index contributed by atoms with van der Waals surface area (Å²) in [5.74, 6) is 3.19. The normalized spacial score (nSPS) is 11.5. The number of benzene rings is 2. The lowest BCUT2D eigenvalue weighted by molar-refractivity contribution is 0.305. The van der Waals surface area contributed by atoms with E-state index in [0.29, 0.717) is 27.9 Å². The predicted octanol–water partition coefficient (Wildman–Crippen LogP) is 8.14. The molecule has 0 aliphatic rings. The third kappa shape index (κ3) is 7.52. The van der Waals surface area contributed by atoms with Gasteiger partial charge in [0, 0.05) is 43.2 Å². The monoisotopic (exact) mass is 657 g/mol. The van der Waals surface area contributed by atoms with Crippen molar-refractivity contribution in [1.29, 1.82) is 0 Å². The van der Waals surface area contributed by atoms with Crippen molar-refractivity contribution in [2.45, 2.75) is 58.8 Å². The lowest BCUT2D eigenvalue weighted by Crippen LogP contribution is -2.06. The molecule has 0 radical (unpaired) electrons. The average molecular weight is 658 g/mol. The van der Waals surface area contributed by atoms with E-state index in [1.165, 1.54) is 0 Å². The lowest BCUT2D eigenvalue weighted by atomic mass is 9.98. The maximum atomic E-state index is 11.9. The zero-order valence-corrected chi connectivity index (χ0v) is 28.1. The van der Waals surface area contributed by atoms with Crippen LogP contribution in [0.25, 0.3) is 22.0 Å². The number of fused-ring (bicyclic) bond motifs is 1. The number of aromatic nitrogens is 2. The fourth-order valence-corrected chi connectivity index (χ4v) is 6.95. The van der Waals surface area contributed by atoms with E-state index in [9.17, 15) is 13.0 Å². The first-order chi connectivity index (χ1) is 20.7. The zero-order chi connectivity index (χ0) is 32.3. The van der Waals surface area contributed by atoms with Gasteiger partial charge < -0.3 is 19.7 Å². The second-order valence-electron chi connectivity index (χ2n) is 10.9. The van der Waals surface area contributed by atoms with E-state index in [0.717, 1.165) is 73.2 Å². The van der Waals surface area contributed by atoms with E-state index in [1.54, 1.807) is 32.2 Å². The van der Waals surface area contributed by atoms with E-state index in [2.05, 4.69) is 19.0 Å². The Balaban J connectivity index is 0.000000479. The zero-order valence-electron chi connectivity index (χ0n) is 25.7. The van der Waals surface area contributed by atoms with Crippen molar-refractivity contribution in [3.63, 3.8) is 0 Å². The molecule has 0 fully saturated rings. The van der Waals surface area contributed by atoms with Crippen LogP contribution >= 0.6 is 22.9 Å². The number of anilines is 1. The molecule has 0 atom stereocenters. The number of pyridine rings is 1. The first-order valence-electron chi connectivity index (χ1n) is 13.8. The molecular weight excluding hydrogens is 622 g/mol. The molecule has 3 aromatic heterocycles. The van der Waals surface area contributed by atoms with Crippen LogP contribution in [0.5, 0.6) is 11.5 Å². The Labute approximate surface area is 266 Å². The van der Waals surface area contributed by atoms with Crippen LogP contribution < -0.4 is 15.2 Å². The number of nitrogens with zero attached hydrogens (tertiary/aromatic N) is 2. The molecular formula is C32H36ClN3O6S2. The summed E-state index contributed by atoms with van der Waals surface area (Å²) < 4.78 is 49.8. The summed E-state index contributed by atoms with van der Waals surface area (Å²) in [6.07, 6.45) is 0.816. The highest BCUT2D eigenvalue weighted by Crippen LogP contribution is 2.39. The van der Waals surface area contributed by atoms with Gasteiger partial charge in [-0.1, -0.05) is 42.7 Å². The van der Waals surface area contributed by atoms with Crippen LogP contribution in [0, 0.1) is 33.6 Å². The minimum atomic E-state index is -4.36. The molecule has 9 nitrogen and oxygen atoms in total. The molecule has 0 amide bonds. The molecule has 5 rings (SSSR count). The van der Waals surface area contributed by atoms with Crippen LogP contribution in [0.3, 0.4) is 0 Å². The SMILES string of the molecule is COc1ccc2nc(C)c(CC(C)C)c(OCc3ccc(-c4cc(C)sc4S(=O)(=O)O)c(Cl)c3)c2c1.Cc1onc(N)c1C. The van der Waals surface area contributed by atoms with E-state index in [1.807, 2.05) is 45.0 Å². The molecule has 3 N–H and O–H groups in total. The summed E-state index contributed by atoms with van der Waals surface area (Å²) >= 11 is 7.59. The van der Waals surface area contributed by atoms with Gasteiger partial charge in [-0.05, 0) is 75.9 Å². The molecule has 0 aliphatic carbocycles. The molecule has 5 aromatic rings. The van der Waals surface area contributed by atoms with Crippen LogP contribution in [0.15, 0.2) is 51.2 Å². The van der Waals surface area contributed by atoms with Gasteiger partial charge in [-0.15, -0.1) is 11.3 Å². The van der Waals surface area contributed by atoms with Crippen molar-refractivity contribution in [1.82, 2.24) is 10.1 Å². The van der Waals surface area contributed by atoms with Crippen LogP contribution in [-0.2, 0) is 23.1 Å².